The molecule has 0 amide bonds. The van der Waals surface area contributed by atoms with E-state index in [4.69, 9.17) is 5.73 Å². The van der Waals surface area contributed by atoms with Crippen LogP contribution < -0.4 is 11.1 Å². The van der Waals surface area contributed by atoms with E-state index in [1.54, 1.807) is 6.20 Å². The van der Waals surface area contributed by atoms with Gasteiger partial charge in [0.1, 0.15) is 6.33 Å². The van der Waals surface area contributed by atoms with Crippen molar-refractivity contribution in [1.82, 2.24) is 19.9 Å². The molecule has 0 spiro atoms. The molecule has 1 unspecified atom stereocenters. The Morgan fingerprint density at radius 1 is 1.28 bits per heavy atom. The number of nitrogens with one attached hydrogen (secondary N) is 1. The van der Waals surface area contributed by atoms with Crippen molar-refractivity contribution in [3.05, 3.63) is 36.4 Å². The molecule has 0 aliphatic carbocycles. The number of hydrogen-bond donors (Lipinski definition) is 2. The predicted molar refractivity (Wildman–Crippen MR) is 69.9 cm³/mol. The molecule has 0 aromatic carbocycles. The van der Waals surface area contributed by atoms with Gasteiger partial charge >= 0.3 is 0 Å². The smallest absolute Gasteiger partial charge is 0.227 e. The molecule has 2 aromatic heterocycles. The lowest BCUT2D eigenvalue weighted by Gasteiger charge is -2.13. The highest BCUT2D eigenvalue weighted by Crippen LogP contribution is 2.06. The number of anilines is 2. The molecule has 18 heavy (non-hydrogen) atoms. The van der Waals surface area contributed by atoms with Crippen LogP contribution in [0.1, 0.15) is 19.0 Å². The summed E-state index contributed by atoms with van der Waals surface area (Å²) in [6.07, 6.45) is 5.06. The quantitative estimate of drug-likeness (QED) is 0.823. The lowest BCUT2D eigenvalue weighted by Crippen LogP contribution is -2.18. The van der Waals surface area contributed by atoms with Crippen molar-refractivity contribution in [3.63, 3.8) is 0 Å². The summed E-state index contributed by atoms with van der Waals surface area (Å²) in [7, 11) is 0. The largest absolute Gasteiger partial charge is 0.368 e. The van der Waals surface area contributed by atoms with Gasteiger partial charge in [-0.15, -0.1) is 0 Å². The molecule has 2 aromatic rings. The molecule has 6 nitrogen and oxygen atoms in total. The zero-order valence-electron chi connectivity index (χ0n) is 10.2. The van der Waals surface area contributed by atoms with E-state index in [1.165, 1.54) is 6.33 Å². The van der Waals surface area contributed by atoms with Crippen molar-refractivity contribution in [2.24, 2.45) is 0 Å². The van der Waals surface area contributed by atoms with Crippen LogP contribution in [0.2, 0.25) is 0 Å². The standard InChI is InChI=1S/C12H16N6/c1-9(5-6-10-4-2-3-7-14-10)17-12-16-8-15-11(13)18-12/h2-4,7-9H,5-6H2,1H3,(H3,13,15,16,17,18). The molecule has 0 saturated heterocycles. The van der Waals surface area contributed by atoms with Crippen molar-refractivity contribution in [2.45, 2.75) is 25.8 Å². The minimum absolute atomic E-state index is 0.226. The first-order valence-corrected chi connectivity index (χ1v) is 5.85. The lowest BCUT2D eigenvalue weighted by molar-refractivity contribution is 0.688. The van der Waals surface area contributed by atoms with Gasteiger partial charge in [-0.25, -0.2) is 9.97 Å². The van der Waals surface area contributed by atoms with Gasteiger partial charge in [0.15, 0.2) is 0 Å². The van der Waals surface area contributed by atoms with Crippen molar-refractivity contribution in [1.29, 1.82) is 0 Å². The van der Waals surface area contributed by atoms with Crippen LogP contribution in [0.5, 0.6) is 0 Å². The summed E-state index contributed by atoms with van der Waals surface area (Å²) in [5.41, 5.74) is 6.57. The zero-order valence-corrected chi connectivity index (χ0v) is 10.2. The molecule has 2 rings (SSSR count). The number of nitrogens with zero attached hydrogens (tertiary/aromatic N) is 4. The van der Waals surface area contributed by atoms with Crippen LogP contribution in [0.25, 0.3) is 0 Å². The third kappa shape index (κ3) is 3.65. The van der Waals surface area contributed by atoms with Crippen molar-refractivity contribution < 1.29 is 0 Å². The summed E-state index contributed by atoms with van der Waals surface area (Å²) in [4.78, 5) is 16.0. The second-order valence-corrected chi connectivity index (χ2v) is 4.07. The van der Waals surface area contributed by atoms with E-state index in [1.807, 2.05) is 18.2 Å². The third-order valence-electron chi connectivity index (χ3n) is 2.53. The van der Waals surface area contributed by atoms with Crippen LogP contribution in [0.4, 0.5) is 11.9 Å². The van der Waals surface area contributed by atoms with Gasteiger partial charge in [0.25, 0.3) is 0 Å². The maximum Gasteiger partial charge on any atom is 0.227 e. The van der Waals surface area contributed by atoms with Gasteiger partial charge in [0.05, 0.1) is 0 Å². The van der Waals surface area contributed by atoms with Gasteiger partial charge in [0.2, 0.25) is 11.9 Å². The van der Waals surface area contributed by atoms with E-state index in [2.05, 4.69) is 32.2 Å². The van der Waals surface area contributed by atoms with Gasteiger partial charge in [0, 0.05) is 17.9 Å². The van der Waals surface area contributed by atoms with Gasteiger partial charge in [-0.05, 0) is 31.9 Å². The Morgan fingerprint density at radius 2 is 2.17 bits per heavy atom. The van der Waals surface area contributed by atoms with Crippen LogP contribution in [-0.2, 0) is 6.42 Å². The molecular weight excluding hydrogens is 228 g/mol. The van der Waals surface area contributed by atoms with E-state index in [9.17, 15) is 0 Å². The minimum Gasteiger partial charge on any atom is -0.368 e. The fourth-order valence-corrected chi connectivity index (χ4v) is 1.58. The highest BCUT2D eigenvalue weighted by molar-refractivity contribution is 5.29. The topological polar surface area (TPSA) is 89.6 Å². The zero-order chi connectivity index (χ0) is 12.8. The molecule has 0 fully saturated rings. The molecular formula is C12H16N6. The lowest BCUT2D eigenvalue weighted by atomic mass is 10.1. The Labute approximate surface area is 106 Å². The highest BCUT2D eigenvalue weighted by atomic mass is 15.2. The number of aromatic nitrogens is 4. The highest BCUT2D eigenvalue weighted by Gasteiger charge is 2.05. The summed E-state index contributed by atoms with van der Waals surface area (Å²) in [6, 6.07) is 6.17. The van der Waals surface area contributed by atoms with Crippen molar-refractivity contribution in [3.8, 4) is 0 Å². The van der Waals surface area contributed by atoms with E-state index < -0.39 is 0 Å². The maximum absolute atomic E-state index is 5.49. The Morgan fingerprint density at radius 3 is 2.89 bits per heavy atom. The average Bonchev–Trinajstić information content (AvgIpc) is 2.38. The Kier molecular flexibility index (Phi) is 4.01. The average molecular weight is 244 g/mol. The van der Waals surface area contributed by atoms with E-state index in [0.717, 1.165) is 18.5 Å². The molecule has 94 valence electrons. The second-order valence-electron chi connectivity index (χ2n) is 4.07. The summed E-state index contributed by atoms with van der Waals surface area (Å²) in [5, 5.41) is 3.18. The number of hydrogen-bond acceptors (Lipinski definition) is 6. The second kappa shape index (κ2) is 5.90. The number of nitrogen functional groups attached to an aromatic ring is 1. The molecule has 1 atom stereocenters. The van der Waals surface area contributed by atoms with Gasteiger partial charge < -0.3 is 11.1 Å². The fraction of sp³-hybridized carbons (Fsp3) is 0.333. The molecule has 2 heterocycles. The molecule has 6 heteroatoms. The van der Waals surface area contributed by atoms with Crippen LogP contribution in [0.3, 0.4) is 0 Å². The Balaban J connectivity index is 1.84. The molecule has 0 aliphatic heterocycles. The summed E-state index contributed by atoms with van der Waals surface area (Å²) in [5.74, 6) is 0.737. The predicted octanol–water partition coefficient (Wildman–Crippen LogP) is 1.28. The minimum atomic E-state index is 0.226. The van der Waals surface area contributed by atoms with Crippen LogP contribution in [0, 0.1) is 0 Å². The summed E-state index contributed by atoms with van der Waals surface area (Å²) < 4.78 is 0. The van der Waals surface area contributed by atoms with E-state index in [0.29, 0.717) is 5.95 Å². The number of rotatable bonds is 5. The maximum atomic E-state index is 5.49. The summed E-state index contributed by atoms with van der Waals surface area (Å²) >= 11 is 0. The molecule has 0 aliphatic rings. The molecule has 0 bridgehead atoms. The number of nitrogens with two attached hydrogens (primary N) is 1. The number of pyridine rings is 1. The Bertz CT molecular complexity index is 487. The van der Waals surface area contributed by atoms with Gasteiger partial charge in [-0.3, -0.25) is 4.98 Å². The molecule has 0 saturated carbocycles. The van der Waals surface area contributed by atoms with E-state index in [-0.39, 0.29) is 12.0 Å². The number of aryl methyl sites for hydroxylation is 1. The summed E-state index contributed by atoms with van der Waals surface area (Å²) in [6.45, 7) is 2.07. The van der Waals surface area contributed by atoms with Gasteiger partial charge in [-0.2, -0.15) is 4.98 Å². The van der Waals surface area contributed by atoms with Crippen LogP contribution in [0.15, 0.2) is 30.7 Å². The SMILES string of the molecule is CC(CCc1ccccn1)Nc1ncnc(N)n1. The fourth-order valence-electron chi connectivity index (χ4n) is 1.58. The van der Waals surface area contributed by atoms with Gasteiger partial charge in [-0.1, -0.05) is 6.07 Å². The van der Waals surface area contributed by atoms with Crippen molar-refractivity contribution in [2.75, 3.05) is 11.1 Å². The van der Waals surface area contributed by atoms with Crippen molar-refractivity contribution >= 4 is 11.9 Å². The van der Waals surface area contributed by atoms with Crippen LogP contribution in [-0.4, -0.2) is 26.0 Å². The van der Waals surface area contributed by atoms with Crippen LogP contribution >= 0.6 is 0 Å². The monoisotopic (exact) mass is 244 g/mol. The molecule has 3 N–H and O–H groups in total. The third-order valence-corrected chi connectivity index (χ3v) is 2.53. The Hall–Kier alpha value is -2.24. The molecule has 0 radical (unpaired) electrons. The first-order valence-electron chi connectivity index (χ1n) is 5.85. The first kappa shape index (κ1) is 12.2. The van der Waals surface area contributed by atoms with E-state index >= 15 is 0 Å². The first-order chi connectivity index (χ1) is 8.74. The normalized spacial score (nSPS) is 12.1.